The highest BCUT2D eigenvalue weighted by Crippen LogP contribution is 2.50. The zero-order valence-corrected chi connectivity index (χ0v) is 20.1. The zero-order chi connectivity index (χ0) is 24.4. The van der Waals surface area contributed by atoms with Crippen molar-refractivity contribution >= 4 is 31.0 Å². The summed E-state index contributed by atoms with van der Waals surface area (Å²) < 4.78 is 39.7. The predicted octanol–water partition coefficient (Wildman–Crippen LogP) is 3.60. The van der Waals surface area contributed by atoms with Crippen molar-refractivity contribution in [3.05, 3.63) is 24.3 Å². The van der Waals surface area contributed by atoms with Crippen LogP contribution < -0.4 is 20.6 Å². The van der Waals surface area contributed by atoms with E-state index in [2.05, 4.69) is 15.6 Å². The van der Waals surface area contributed by atoms with Gasteiger partial charge in [0.15, 0.2) is 11.3 Å². The number of aromatic amines is 1. The van der Waals surface area contributed by atoms with E-state index in [0.717, 1.165) is 5.01 Å². The normalized spacial score (nSPS) is 11.1. The molecule has 1 aromatic carbocycles. The average molecular weight is 484 g/mol. The first-order valence-electron chi connectivity index (χ1n) is 10.4. The van der Waals surface area contributed by atoms with Crippen LogP contribution in [-0.2, 0) is 23.1 Å². The monoisotopic (exact) mass is 484 g/mol. The third-order valence-corrected chi connectivity index (χ3v) is 6.19. The van der Waals surface area contributed by atoms with Gasteiger partial charge in [-0.1, -0.05) is 12.1 Å². The van der Waals surface area contributed by atoms with Crippen molar-refractivity contribution in [3.63, 3.8) is 0 Å². The van der Waals surface area contributed by atoms with Crippen LogP contribution in [0.15, 0.2) is 24.3 Å². The molecule has 0 saturated carbocycles. The number of amides is 2. The van der Waals surface area contributed by atoms with Crippen LogP contribution in [0.1, 0.15) is 27.7 Å². The molecule has 1 heterocycles. The number of rotatable bonds is 10. The van der Waals surface area contributed by atoms with Gasteiger partial charge in [-0.05, 0) is 45.4 Å². The van der Waals surface area contributed by atoms with Crippen molar-refractivity contribution in [2.75, 3.05) is 38.5 Å². The fourth-order valence-corrected chi connectivity index (χ4v) is 4.53. The molecule has 182 valence electrons. The van der Waals surface area contributed by atoms with Gasteiger partial charge in [0.2, 0.25) is 0 Å². The number of hydrazine groups is 1. The topological polar surface area (TPSA) is 141 Å². The van der Waals surface area contributed by atoms with E-state index < -0.39 is 19.8 Å². The van der Waals surface area contributed by atoms with Crippen molar-refractivity contribution in [2.45, 2.75) is 27.7 Å². The number of hydrogen-bond donors (Lipinski definition) is 2. The quantitative estimate of drug-likeness (QED) is 0.382. The average Bonchev–Trinajstić information content (AvgIpc) is 3.24. The minimum Gasteiger partial charge on any atom is -0.497 e. The first-order valence-corrected chi connectivity index (χ1v) is 11.9. The molecular weight excluding hydrogens is 455 g/mol. The van der Waals surface area contributed by atoms with Crippen LogP contribution >= 0.6 is 7.60 Å². The van der Waals surface area contributed by atoms with E-state index in [1.165, 1.54) is 7.11 Å². The number of anilines is 1. The molecule has 33 heavy (non-hydrogen) atoms. The molecule has 0 bridgehead atoms. The van der Waals surface area contributed by atoms with Crippen LogP contribution in [0.5, 0.6) is 5.75 Å². The van der Waals surface area contributed by atoms with Gasteiger partial charge in [0.05, 0.1) is 39.1 Å². The molecule has 13 heteroatoms. The Hall–Kier alpha value is -3.08. The molecule has 12 nitrogen and oxygen atoms in total. The Morgan fingerprint density at radius 3 is 2.12 bits per heavy atom. The summed E-state index contributed by atoms with van der Waals surface area (Å²) >= 11 is 0. The van der Waals surface area contributed by atoms with Gasteiger partial charge in [0, 0.05) is 0 Å². The summed E-state index contributed by atoms with van der Waals surface area (Å²) in [5.41, 5.74) is 3.00. The number of H-pyrrole nitrogens is 1. The fourth-order valence-electron chi connectivity index (χ4n) is 2.84. The largest absolute Gasteiger partial charge is 0.497 e. The Kier molecular flexibility index (Phi) is 9.71. The van der Waals surface area contributed by atoms with E-state index >= 15 is 0 Å². The molecule has 0 unspecified atom stereocenters. The smallest absolute Gasteiger partial charge is 0.435 e. The second-order valence-corrected chi connectivity index (χ2v) is 8.16. The highest BCUT2D eigenvalue weighted by Gasteiger charge is 2.37. The van der Waals surface area contributed by atoms with Crippen LogP contribution in [0.4, 0.5) is 15.4 Å². The predicted molar refractivity (Wildman–Crippen MR) is 121 cm³/mol. The summed E-state index contributed by atoms with van der Waals surface area (Å²) in [7, 11) is -2.36. The first kappa shape index (κ1) is 26.2. The Bertz CT molecular complexity index is 969. The van der Waals surface area contributed by atoms with Gasteiger partial charge in [-0.25, -0.2) is 15.0 Å². The molecule has 1 aromatic heterocycles. The van der Waals surface area contributed by atoms with Crippen LogP contribution in [0, 0.1) is 0 Å². The third kappa shape index (κ3) is 6.25. The molecule has 0 fully saturated rings. The van der Waals surface area contributed by atoms with Crippen molar-refractivity contribution in [1.29, 1.82) is 0 Å². The van der Waals surface area contributed by atoms with Crippen LogP contribution in [0.25, 0.3) is 11.1 Å². The molecule has 0 radical (unpaired) electrons. The van der Waals surface area contributed by atoms with Crippen molar-refractivity contribution in [2.24, 2.45) is 0 Å². The van der Waals surface area contributed by atoms with Gasteiger partial charge < -0.3 is 23.3 Å². The molecule has 0 aliphatic rings. The van der Waals surface area contributed by atoms with E-state index in [-0.39, 0.29) is 43.2 Å². The van der Waals surface area contributed by atoms with Gasteiger partial charge in [-0.15, -0.1) is 0 Å². The van der Waals surface area contributed by atoms with E-state index in [0.29, 0.717) is 11.3 Å². The maximum atomic E-state index is 13.6. The molecule has 0 aliphatic carbocycles. The zero-order valence-electron chi connectivity index (χ0n) is 19.2. The number of methoxy groups -OCH3 is 1. The van der Waals surface area contributed by atoms with Crippen molar-refractivity contribution < 1.29 is 37.4 Å². The fraction of sp³-hybridized carbons (Fsp3) is 0.450. The SMILES string of the molecule is CCOC(=O)NN(C(=O)OCC)c1n[nH]c(P(=O)(OCC)OCC)c1-c1ccc(OC)cc1. The van der Waals surface area contributed by atoms with Gasteiger partial charge in [0.25, 0.3) is 0 Å². The van der Waals surface area contributed by atoms with E-state index in [4.69, 9.17) is 23.3 Å². The number of hydrogen-bond acceptors (Lipinski definition) is 9. The third-order valence-electron chi connectivity index (χ3n) is 4.12. The molecule has 2 N–H and O–H groups in total. The molecule has 0 saturated heterocycles. The number of aromatic nitrogens is 2. The summed E-state index contributed by atoms with van der Waals surface area (Å²) in [6, 6.07) is 6.70. The van der Waals surface area contributed by atoms with Crippen LogP contribution in [-0.4, -0.2) is 55.9 Å². The summed E-state index contributed by atoms with van der Waals surface area (Å²) in [6.07, 6.45) is -1.84. The number of carbonyl (C=O) groups excluding carboxylic acids is 2. The second-order valence-electron chi connectivity index (χ2n) is 6.20. The highest BCUT2D eigenvalue weighted by atomic mass is 31.2. The van der Waals surface area contributed by atoms with E-state index in [1.54, 1.807) is 52.0 Å². The second kappa shape index (κ2) is 12.2. The molecular formula is C20H29N4O8P. The molecule has 0 atom stereocenters. The lowest BCUT2D eigenvalue weighted by molar-refractivity contribution is 0.138. The Morgan fingerprint density at radius 2 is 1.61 bits per heavy atom. The molecule has 2 aromatic rings. The Labute approximate surface area is 192 Å². The number of carbonyl (C=O) groups is 2. The summed E-state index contributed by atoms with van der Waals surface area (Å²) in [5, 5.41) is 7.57. The molecule has 2 rings (SSSR count). The highest BCUT2D eigenvalue weighted by molar-refractivity contribution is 7.62. The number of ether oxygens (including phenoxy) is 3. The minimum absolute atomic E-state index is 0.00586. The standard InChI is InChI=1S/C20H29N4O8P/c1-6-29-19(25)23-24(20(26)30-7-2)17-16(14-10-12-15(28-5)13-11-14)18(22-21-17)33(27,31-8-3)32-9-4/h10-13H,6-9H2,1-5H3,(H,21,22)(H,23,25). The number of nitrogens with one attached hydrogen (secondary N) is 2. The lowest BCUT2D eigenvalue weighted by Gasteiger charge is -2.22. The van der Waals surface area contributed by atoms with Crippen molar-refractivity contribution in [3.8, 4) is 16.9 Å². The van der Waals surface area contributed by atoms with E-state index in [1.807, 2.05) is 0 Å². The van der Waals surface area contributed by atoms with Crippen molar-refractivity contribution in [1.82, 2.24) is 15.6 Å². The summed E-state index contributed by atoms with van der Waals surface area (Å²) in [5.74, 6) is 0.483. The lowest BCUT2D eigenvalue weighted by Crippen LogP contribution is -2.47. The van der Waals surface area contributed by atoms with Gasteiger partial charge in [-0.2, -0.15) is 10.1 Å². The maximum Gasteiger partial charge on any atom is 0.435 e. The Balaban J connectivity index is 2.73. The summed E-state index contributed by atoms with van der Waals surface area (Å²) in [4.78, 5) is 24.8. The molecule has 0 aliphatic heterocycles. The molecule has 0 spiro atoms. The Morgan fingerprint density at radius 1 is 1.00 bits per heavy atom. The van der Waals surface area contributed by atoms with Crippen LogP contribution in [0.2, 0.25) is 0 Å². The lowest BCUT2D eigenvalue weighted by atomic mass is 10.1. The summed E-state index contributed by atoms with van der Waals surface area (Å²) in [6.45, 7) is 6.86. The first-order chi connectivity index (χ1) is 15.8. The molecule has 2 amide bonds. The number of nitrogens with zero attached hydrogens (tertiary/aromatic N) is 2. The van der Waals surface area contributed by atoms with Gasteiger partial charge >= 0.3 is 19.8 Å². The van der Waals surface area contributed by atoms with E-state index in [9.17, 15) is 14.2 Å². The number of benzene rings is 1. The van der Waals surface area contributed by atoms with Gasteiger partial charge in [0.1, 0.15) is 5.75 Å². The maximum absolute atomic E-state index is 13.6. The van der Waals surface area contributed by atoms with Gasteiger partial charge in [-0.3, -0.25) is 9.66 Å². The minimum atomic E-state index is -3.88. The van der Waals surface area contributed by atoms with Crippen LogP contribution in [0.3, 0.4) is 0 Å².